The number of aromatic hydroxyl groups is 2. The molecular formula is C12H16N2O4. The summed E-state index contributed by atoms with van der Waals surface area (Å²) in [6.45, 7) is 7.21. The maximum Gasteiger partial charge on any atom is 0.283 e. The van der Waals surface area contributed by atoms with Crippen molar-refractivity contribution in [3.05, 3.63) is 22.3 Å². The van der Waals surface area contributed by atoms with Gasteiger partial charge in [0.05, 0.1) is 0 Å². The van der Waals surface area contributed by atoms with Crippen molar-refractivity contribution >= 4 is 0 Å². The molecule has 0 fully saturated rings. The quantitative estimate of drug-likeness (QED) is 0.413. The predicted molar refractivity (Wildman–Crippen MR) is 63.8 cm³/mol. The molecule has 6 heteroatoms. The summed E-state index contributed by atoms with van der Waals surface area (Å²) in [5, 5.41) is 46.7. The highest BCUT2D eigenvalue weighted by molar-refractivity contribution is 5.55. The fourth-order valence-corrected chi connectivity index (χ4v) is 1.27. The summed E-state index contributed by atoms with van der Waals surface area (Å²) in [4.78, 5) is 0. The first-order valence-corrected chi connectivity index (χ1v) is 4.84. The number of rotatable bonds is 0. The molecule has 0 aliphatic rings. The summed E-state index contributed by atoms with van der Waals surface area (Å²) in [7, 11) is 0. The highest BCUT2D eigenvalue weighted by Crippen LogP contribution is 2.35. The molecule has 0 bridgehead atoms. The van der Waals surface area contributed by atoms with Crippen LogP contribution in [0.4, 0.5) is 0 Å². The summed E-state index contributed by atoms with van der Waals surface area (Å²) < 4.78 is 0. The number of aliphatic hydroxyl groups excluding tert-OH is 2. The van der Waals surface area contributed by atoms with Crippen LogP contribution in [-0.2, 0) is 0 Å². The number of hydrogen-bond donors (Lipinski definition) is 4. The van der Waals surface area contributed by atoms with Crippen molar-refractivity contribution in [3.8, 4) is 24.0 Å². The molecule has 0 atom stereocenters. The van der Waals surface area contributed by atoms with Crippen molar-refractivity contribution in [2.75, 3.05) is 0 Å². The number of phenolic OH excluding ortho intramolecular Hbond substituents is 2. The second-order valence-electron chi connectivity index (χ2n) is 3.40. The molecule has 0 radical (unpaired) electrons. The molecular weight excluding hydrogens is 236 g/mol. The summed E-state index contributed by atoms with van der Waals surface area (Å²) in [6.07, 6.45) is 1.50. The van der Waals surface area contributed by atoms with E-state index in [-0.39, 0.29) is 0 Å². The van der Waals surface area contributed by atoms with Gasteiger partial charge in [-0.05, 0) is 49.9 Å². The molecule has 0 aromatic heterocycles. The Hall–Kier alpha value is -2.60. The Morgan fingerprint density at radius 1 is 0.667 bits per heavy atom. The van der Waals surface area contributed by atoms with Gasteiger partial charge in [-0.15, -0.1) is 0 Å². The second kappa shape index (κ2) is 8.54. The molecule has 0 unspecified atom stereocenters. The third-order valence-electron chi connectivity index (χ3n) is 2.55. The molecule has 0 heterocycles. The van der Waals surface area contributed by atoms with Crippen molar-refractivity contribution in [2.24, 2.45) is 0 Å². The number of hydrogen-bond acceptors (Lipinski definition) is 6. The summed E-state index contributed by atoms with van der Waals surface area (Å²) >= 11 is 0. The largest absolute Gasteiger partial charge is 0.507 e. The van der Waals surface area contributed by atoms with E-state index in [9.17, 15) is 10.2 Å². The smallest absolute Gasteiger partial charge is 0.283 e. The minimum atomic E-state index is 0.294. The zero-order valence-corrected chi connectivity index (χ0v) is 10.7. The van der Waals surface area contributed by atoms with Crippen molar-refractivity contribution < 1.29 is 20.4 Å². The molecule has 0 spiro atoms. The number of aliphatic hydroxyl groups is 2. The SMILES string of the molecule is Cc1c(C)c(O)c(C)c(C)c1O.N#CO.N#CO. The van der Waals surface area contributed by atoms with Crippen molar-refractivity contribution in [1.82, 2.24) is 0 Å². The average molecular weight is 252 g/mol. The Kier molecular flexibility index (Phi) is 8.44. The van der Waals surface area contributed by atoms with Gasteiger partial charge >= 0.3 is 0 Å². The van der Waals surface area contributed by atoms with Crippen LogP contribution in [0.3, 0.4) is 0 Å². The third-order valence-corrected chi connectivity index (χ3v) is 2.55. The Morgan fingerprint density at radius 3 is 0.889 bits per heavy atom. The number of phenols is 2. The van der Waals surface area contributed by atoms with Gasteiger partial charge in [-0.1, -0.05) is 0 Å². The maximum absolute atomic E-state index is 9.58. The van der Waals surface area contributed by atoms with Gasteiger partial charge in [0.25, 0.3) is 12.5 Å². The van der Waals surface area contributed by atoms with Crippen LogP contribution in [0.1, 0.15) is 22.3 Å². The molecule has 0 amide bonds. The first-order chi connectivity index (χ1) is 8.29. The number of benzene rings is 1. The van der Waals surface area contributed by atoms with E-state index >= 15 is 0 Å². The number of nitrogens with zero attached hydrogens (tertiary/aromatic N) is 2. The van der Waals surface area contributed by atoms with Crippen molar-refractivity contribution in [3.63, 3.8) is 0 Å². The highest BCUT2D eigenvalue weighted by atomic mass is 16.3. The minimum absolute atomic E-state index is 0.294. The van der Waals surface area contributed by atoms with E-state index in [1.165, 1.54) is 0 Å². The van der Waals surface area contributed by atoms with Crippen molar-refractivity contribution in [1.29, 1.82) is 10.5 Å². The standard InChI is InChI=1S/C10H14O2.2CHNO/c1-5-6(2)10(12)8(4)7(3)9(5)11;2*2-1-3/h11-12H,1-4H3;2*3H. The summed E-state index contributed by atoms with van der Waals surface area (Å²) in [5.41, 5.74) is 3.04. The summed E-state index contributed by atoms with van der Waals surface area (Å²) in [5.74, 6) is 0.589. The lowest BCUT2D eigenvalue weighted by Crippen LogP contribution is -1.91. The van der Waals surface area contributed by atoms with Gasteiger partial charge in [0.1, 0.15) is 11.5 Å². The molecule has 1 rings (SSSR count). The Bertz CT molecular complexity index is 367. The van der Waals surface area contributed by atoms with Crippen LogP contribution in [0.5, 0.6) is 11.5 Å². The first-order valence-electron chi connectivity index (χ1n) is 4.84. The van der Waals surface area contributed by atoms with Gasteiger partial charge in [0, 0.05) is 0 Å². The van der Waals surface area contributed by atoms with Crippen LogP contribution < -0.4 is 0 Å². The molecule has 0 saturated heterocycles. The molecule has 18 heavy (non-hydrogen) atoms. The second-order valence-corrected chi connectivity index (χ2v) is 3.40. The zero-order valence-electron chi connectivity index (χ0n) is 10.7. The first kappa shape index (κ1) is 17.8. The monoisotopic (exact) mass is 252 g/mol. The van der Waals surface area contributed by atoms with Gasteiger partial charge in [-0.2, -0.15) is 10.5 Å². The Morgan fingerprint density at radius 2 is 0.778 bits per heavy atom. The Labute approximate surface area is 106 Å². The lowest BCUT2D eigenvalue weighted by atomic mass is 9.99. The Balaban J connectivity index is 0. The highest BCUT2D eigenvalue weighted by Gasteiger charge is 2.12. The third kappa shape index (κ3) is 4.50. The van der Waals surface area contributed by atoms with Crippen LogP contribution in [0.2, 0.25) is 0 Å². The van der Waals surface area contributed by atoms with Crippen LogP contribution >= 0.6 is 0 Å². The zero-order chi connectivity index (χ0) is 14.9. The topological polar surface area (TPSA) is 128 Å². The normalized spacial score (nSPS) is 7.67. The van der Waals surface area contributed by atoms with E-state index in [1.807, 2.05) is 0 Å². The molecule has 1 aromatic carbocycles. The lowest BCUT2D eigenvalue weighted by Gasteiger charge is -2.12. The summed E-state index contributed by atoms with van der Waals surface area (Å²) in [6, 6.07) is 0. The van der Waals surface area contributed by atoms with Gasteiger partial charge in [0.2, 0.25) is 0 Å². The molecule has 98 valence electrons. The van der Waals surface area contributed by atoms with Gasteiger partial charge < -0.3 is 20.4 Å². The molecule has 0 aliphatic heterocycles. The fourth-order valence-electron chi connectivity index (χ4n) is 1.27. The van der Waals surface area contributed by atoms with E-state index < -0.39 is 0 Å². The maximum atomic E-state index is 9.58. The van der Waals surface area contributed by atoms with Crippen LogP contribution in [0.25, 0.3) is 0 Å². The molecule has 4 N–H and O–H groups in total. The fraction of sp³-hybridized carbons (Fsp3) is 0.333. The predicted octanol–water partition coefficient (Wildman–Crippen LogP) is 2.01. The van der Waals surface area contributed by atoms with E-state index in [0.717, 1.165) is 34.8 Å². The lowest BCUT2D eigenvalue weighted by molar-refractivity contribution is 0.446. The van der Waals surface area contributed by atoms with E-state index in [2.05, 4.69) is 0 Å². The minimum Gasteiger partial charge on any atom is -0.507 e. The van der Waals surface area contributed by atoms with Gasteiger partial charge in [-0.3, -0.25) is 0 Å². The van der Waals surface area contributed by atoms with Gasteiger partial charge in [0.15, 0.2) is 0 Å². The van der Waals surface area contributed by atoms with E-state index in [1.54, 1.807) is 27.7 Å². The molecule has 1 aromatic rings. The molecule has 0 aliphatic carbocycles. The van der Waals surface area contributed by atoms with Crippen LogP contribution in [0, 0.1) is 50.7 Å². The van der Waals surface area contributed by atoms with Crippen LogP contribution in [0.15, 0.2) is 0 Å². The number of nitriles is 2. The molecule has 0 saturated carbocycles. The average Bonchev–Trinajstić information content (AvgIpc) is 2.34. The van der Waals surface area contributed by atoms with Gasteiger partial charge in [-0.25, -0.2) is 0 Å². The molecule has 6 nitrogen and oxygen atoms in total. The van der Waals surface area contributed by atoms with Crippen molar-refractivity contribution in [2.45, 2.75) is 27.7 Å². The van der Waals surface area contributed by atoms with E-state index in [0.29, 0.717) is 11.5 Å². The van der Waals surface area contributed by atoms with Crippen LogP contribution in [-0.4, -0.2) is 20.4 Å². The van der Waals surface area contributed by atoms with E-state index in [4.69, 9.17) is 20.7 Å².